The molecule has 0 saturated heterocycles. The number of benzene rings is 1. The van der Waals surface area contributed by atoms with Gasteiger partial charge in [0.15, 0.2) is 0 Å². The second-order valence-electron chi connectivity index (χ2n) is 4.04. The Hall–Kier alpha value is -0.570. The Morgan fingerprint density at radius 2 is 2.06 bits per heavy atom. The highest BCUT2D eigenvalue weighted by Gasteiger charge is 2.18. The summed E-state index contributed by atoms with van der Waals surface area (Å²) in [4.78, 5) is 0. The van der Waals surface area contributed by atoms with Crippen LogP contribution in [-0.4, -0.2) is 11.9 Å². The molecular weight excluding hydrogens is 271 g/mol. The molecule has 0 radical (unpaired) electrons. The molecule has 0 spiro atoms. The van der Waals surface area contributed by atoms with Gasteiger partial charge < -0.3 is 4.74 Å². The fourth-order valence-corrected chi connectivity index (χ4v) is 2.16. The van der Waals surface area contributed by atoms with E-state index in [4.69, 9.17) is 4.74 Å². The van der Waals surface area contributed by atoms with Crippen LogP contribution in [0.15, 0.2) is 18.2 Å². The van der Waals surface area contributed by atoms with Crippen LogP contribution >= 0.6 is 15.9 Å². The zero-order chi connectivity index (χ0) is 12.1. The lowest BCUT2D eigenvalue weighted by Crippen LogP contribution is -2.10. The second kappa shape index (κ2) is 6.24. The molecule has 0 aliphatic carbocycles. The lowest BCUT2D eigenvalue weighted by molar-refractivity contribution is 0.330. The SMILES string of the molecule is CCOc1ccc(F)cc1C(C)C(C)CBr. The lowest BCUT2D eigenvalue weighted by atomic mass is 9.89. The van der Waals surface area contributed by atoms with Crippen molar-refractivity contribution in [3.8, 4) is 5.75 Å². The van der Waals surface area contributed by atoms with Crippen molar-refractivity contribution < 1.29 is 9.13 Å². The van der Waals surface area contributed by atoms with Crippen molar-refractivity contribution >= 4 is 15.9 Å². The van der Waals surface area contributed by atoms with Crippen molar-refractivity contribution in [3.05, 3.63) is 29.6 Å². The average molecular weight is 289 g/mol. The number of rotatable bonds is 5. The highest BCUT2D eigenvalue weighted by molar-refractivity contribution is 9.09. The van der Waals surface area contributed by atoms with Crippen LogP contribution in [0.3, 0.4) is 0 Å². The summed E-state index contributed by atoms with van der Waals surface area (Å²) in [6, 6.07) is 4.74. The third-order valence-corrected chi connectivity index (χ3v) is 3.88. The Morgan fingerprint density at radius 3 is 2.62 bits per heavy atom. The maximum atomic E-state index is 13.2. The normalized spacial score (nSPS) is 14.6. The Kier molecular flexibility index (Phi) is 5.26. The van der Waals surface area contributed by atoms with E-state index in [-0.39, 0.29) is 11.7 Å². The third-order valence-electron chi connectivity index (χ3n) is 2.86. The van der Waals surface area contributed by atoms with Gasteiger partial charge in [-0.3, -0.25) is 0 Å². The molecule has 0 aliphatic rings. The molecule has 0 aromatic heterocycles. The summed E-state index contributed by atoms with van der Waals surface area (Å²) < 4.78 is 18.8. The highest BCUT2D eigenvalue weighted by atomic mass is 79.9. The Bertz CT molecular complexity index is 341. The van der Waals surface area contributed by atoms with Gasteiger partial charge in [-0.25, -0.2) is 4.39 Å². The number of hydrogen-bond donors (Lipinski definition) is 0. The lowest BCUT2D eigenvalue weighted by Gasteiger charge is -2.21. The van der Waals surface area contributed by atoms with Gasteiger partial charge in [-0.1, -0.05) is 29.8 Å². The predicted molar refractivity (Wildman–Crippen MR) is 68.9 cm³/mol. The van der Waals surface area contributed by atoms with E-state index in [1.54, 1.807) is 12.1 Å². The first-order valence-electron chi connectivity index (χ1n) is 5.58. The molecule has 2 unspecified atom stereocenters. The van der Waals surface area contributed by atoms with E-state index in [1.807, 2.05) is 6.92 Å². The molecule has 0 fully saturated rings. The van der Waals surface area contributed by atoms with E-state index < -0.39 is 0 Å². The molecule has 1 rings (SSSR count). The molecule has 1 aromatic carbocycles. The molecule has 0 amide bonds. The molecule has 0 aliphatic heterocycles. The molecule has 2 atom stereocenters. The number of halogens is 2. The zero-order valence-electron chi connectivity index (χ0n) is 9.97. The van der Waals surface area contributed by atoms with Crippen LogP contribution in [0.5, 0.6) is 5.75 Å². The summed E-state index contributed by atoms with van der Waals surface area (Å²) in [6.45, 7) is 6.78. The van der Waals surface area contributed by atoms with Gasteiger partial charge in [0.25, 0.3) is 0 Å². The standard InChI is InChI=1S/C13H18BrFO/c1-4-16-13-6-5-11(15)7-12(13)10(3)9(2)8-14/h5-7,9-10H,4,8H2,1-3H3. The molecule has 0 heterocycles. The van der Waals surface area contributed by atoms with Gasteiger partial charge in [-0.05, 0) is 37.0 Å². The van der Waals surface area contributed by atoms with Crippen molar-refractivity contribution in [1.29, 1.82) is 0 Å². The number of ether oxygens (including phenoxy) is 1. The van der Waals surface area contributed by atoms with Crippen LogP contribution in [0.2, 0.25) is 0 Å². The first-order chi connectivity index (χ1) is 7.60. The minimum atomic E-state index is -0.202. The van der Waals surface area contributed by atoms with Crippen molar-refractivity contribution in [2.45, 2.75) is 26.7 Å². The van der Waals surface area contributed by atoms with Gasteiger partial charge in [0, 0.05) is 10.9 Å². The second-order valence-corrected chi connectivity index (χ2v) is 4.68. The van der Waals surface area contributed by atoms with E-state index in [9.17, 15) is 4.39 Å². The van der Waals surface area contributed by atoms with Gasteiger partial charge in [0.05, 0.1) is 6.61 Å². The van der Waals surface area contributed by atoms with E-state index in [0.717, 1.165) is 16.6 Å². The minimum Gasteiger partial charge on any atom is -0.494 e. The van der Waals surface area contributed by atoms with E-state index in [1.165, 1.54) is 6.07 Å². The largest absolute Gasteiger partial charge is 0.494 e. The van der Waals surface area contributed by atoms with Crippen LogP contribution < -0.4 is 4.74 Å². The molecule has 0 saturated carbocycles. The molecule has 16 heavy (non-hydrogen) atoms. The van der Waals surface area contributed by atoms with Crippen LogP contribution in [0.25, 0.3) is 0 Å². The number of alkyl halides is 1. The van der Waals surface area contributed by atoms with E-state index >= 15 is 0 Å². The predicted octanol–water partition coefficient (Wildman–Crippen LogP) is 4.36. The van der Waals surface area contributed by atoms with E-state index in [0.29, 0.717) is 12.5 Å². The van der Waals surface area contributed by atoms with Crippen molar-refractivity contribution in [2.24, 2.45) is 5.92 Å². The monoisotopic (exact) mass is 288 g/mol. The minimum absolute atomic E-state index is 0.202. The quantitative estimate of drug-likeness (QED) is 0.732. The third kappa shape index (κ3) is 3.21. The fourth-order valence-electron chi connectivity index (χ4n) is 1.60. The Morgan fingerprint density at radius 1 is 1.38 bits per heavy atom. The van der Waals surface area contributed by atoms with Crippen LogP contribution in [-0.2, 0) is 0 Å². The van der Waals surface area contributed by atoms with Crippen molar-refractivity contribution in [2.75, 3.05) is 11.9 Å². The summed E-state index contributed by atoms with van der Waals surface area (Å²) in [5.74, 6) is 1.31. The topological polar surface area (TPSA) is 9.23 Å². The fraction of sp³-hybridized carbons (Fsp3) is 0.538. The zero-order valence-corrected chi connectivity index (χ0v) is 11.6. The molecule has 90 valence electrons. The summed E-state index contributed by atoms with van der Waals surface area (Å²) in [6.07, 6.45) is 0. The van der Waals surface area contributed by atoms with Gasteiger partial charge in [-0.15, -0.1) is 0 Å². The maximum absolute atomic E-state index is 13.2. The molecular formula is C13H18BrFO. The summed E-state index contributed by atoms with van der Waals surface area (Å²) >= 11 is 3.46. The first kappa shape index (κ1) is 13.5. The average Bonchev–Trinajstić information content (AvgIpc) is 2.29. The Balaban J connectivity index is 3.03. The summed E-state index contributed by atoms with van der Waals surface area (Å²) in [7, 11) is 0. The van der Waals surface area contributed by atoms with Crippen LogP contribution in [0, 0.1) is 11.7 Å². The van der Waals surface area contributed by atoms with Crippen LogP contribution in [0.1, 0.15) is 32.3 Å². The Labute approximate surface area is 105 Å². The van der Waals surface area contributed by atoms with Gasteiger partial charge in [0.2, 0.25) is 0 Å². The first-order valence-corrected chi connectivity index (χ1v) is 6.70. The smallest absolute Gasteiger partial charge is 0.123 e. The molecule has 3 heteroatoms. The molecule has 0 bridgehead atoms. The number of hydrogen-bond acceptors (Lipinski definition) is 1. The summed E-state index contributed by atoms with van der Waals surface area (Å²) in [5, 5.41) is 0.899. The van der Waals surface area contributed by atoms with Crippen molar-refractivity contribution in [1.82, 2.24) is 0 Å². The molecule has 1 aromatic rings. The van der Waals surface area contributed by atoms with Crippen LogP contribution in [0.4, 0.5) is 4.39 Å². The maximum Gasteiger partial charge on any atom is 0.123 e. The van der Waals surface area contributed by atoms with Gasteiger partial charge >= 0.3 is 0 Å². The van der Waals surface area contributed by atoms with Gasteiger partial charge in [-0.2, -0.15) is 0 Å². The molecule has 1 nitrogen and oxygen atoms in total. The highest BCUT2D eigenvalue weighted by Crippen LogP contribution is 2.33. The van der Waals surface area contributed by atoms with Crippen molar-refractivity contribution in [3.63, 3.8) is 0 Å². The van der Waals surface area contributed by atoms with E-state index in [2.05, 4.69) is 29.8 Å². The van der Waals surface area contributed by atoms with Gasteiger partial charge in [0.1, 0.15) is 11.6 Å². The summed E-state index contributed by atoms with van der Waals surface area (Å²) in [5.41, 5.74) is 0.953. The molecule has 0 N–H and O–H groups in total.